The minimum absolute atomic E-state index is 0.0127. The molecule has 0 radical (unpaired) electrons. The number of hydrogen-bond acceptors (Lipinski definition) is 3. The van der Waals surface area contributed by atoms with Crippen molar-refractivity contribution in [2.24, 2.45) is 5.92 Å². The van der Waals surface area contributed by atoms with Gasteiger partial charge in [-0.3, -0.25) is 14.7 Å². The first kappa shape index (κ1) is 20.1. The highest BCUT2D eigenvalue weighted by molar-refractivity contribution is 6.31. The average Bonchev–Trinajstić information content (AvgIpc) is 3.38. The number of hydrogen-bond donors (Lipinski definition) is 1. The average molecular weight is 455 g/mol. The summed E-state index contributed by atoms with van der Waals surface area (Å²) in [5.41, 5.74) is 4.65. The lowest BCUT2D eigenvalue weighted by atomic mass is 9.99. The Labute approximate surface area is 189 Å². The maximum atomic E-state index is 13.3. The Balaban J connectivity index is 1.33. The van der Waals surface area contributed by atoms with Crippen molar-refractivity contribution in [3.05, 3.63) is 69.8 Å². The van der Waals surface area contributed by atoms with Gasteiger partial charge < -0.3 is 9.80 Å². The smallest absolute Gasteiger partial charge is 0.228 e. The number of nitrogens with zero attached hydrogens (tertiary/aromatic N) is 3. The number of H-pyrrole nitrogens is 1. The number of amides is 2. The minimum Gasteiger partial charge on any atom is -0.338 e. The van der Waals surface area contributed by atoms with E-state index >= 15 is 0 Å². The molecule has 2 aliphatic heterocycles. The van der Waals surface area contributed by atoms with E-state index in [0.717, 1.165) is 28.2 Å². The molecule has 1 fully saturated rings. The zero-order chi connectivity index (χ0) is 21.5. The molecule has 0 bridgehead atoms. The van der Waals surface area contributed by atoms with Crippen LogP contribution in [0.2, 0.25) is 10.0 Å². The molecule has 1 atom stereocenters. The van der Waals surface area contributed by atoms with Gasteiger partial charge in [-0.25, -0.2) is 0 Å². The van der Waals surface area contributed by atoms with E-state index in [0.29, 0.717) is 36.1 Å². The number of benzene rings is 2. The lowest BCUT2D eigenvalue weighted by molar-refractivity contribution is -0.136. The molecule has 3 aromatic rings. The van der Waals surface area contributed by atoms with Crippen LogP contribution in [0, 0.1) is 5.92 Å². The number of aromatic amines is 1. The van der Waals surface area contributed by atoms with E-state index in [1.807, 2.05) is 41.3 Å². The summed E-state index contributed by atoms with van der Waals surface area (Å²) >= 11 is 12.0. The molecule has 2 aromatic carbocycles. The molecule has 3 heterocycles. The Hall–Kier alpha value is -2.83. The Morgan fingerprint density at radius 3 is 2.42 bits per heavy atom. The van der Waals surface area contributed by atoms with Gasteiger partial charge in [0.25, 0.3) is 0 Å². The molecule has 31 heavy (non-hydrogen) atoms. The van der Waals surface area contributed by atoms with E-state index in [1.165, 1.54) is 0 Å². The largest absolute Gasteiger partial charge is 0.338 e. The monoisotopic (exact) mass is 454 g/mol. The third-order valence-electron chi connectivity index (χ3n) is 5.98. The normalized spacial score (nSPS) is 18.4. The first-order chi connectivity index (χ1) is 15.0. The number of anilines is 1. The molecule has 2 aliphatic rings. The quantitative estimate of drug-likeness (QED) is 0.640. The number of aromatic nitrogens is 2. The molecule has 2 amide bonds. The minimum atomic E-state index is -0.351. The molecular weight excluding hydrogens is 435 g/mol. The van der Waals surface area contributed by atoms with Crippen LogP contribution in [-0.2, 0) is 22.6 Å². The van der Waals surface area contributed by atoms with Crippen LogP contribution in [0.3, 0.4) is 0 Å². The van der Waals surface area contributed by atoms with Crippen LogP contribution in [0.5, 0.6) is 0 Å². The molecule has 158 valence electrons. The van der Waals surface area contributed by atoms with Gasteiger partial charge in [0.1, 0.15) is 0 Å². The number of rotatable bonds is 3. The Morgan fingerprint density at radius 1 is 1.03 bits per heavy atom. The summed E-state index contributed by atoms with van der Waals surface area (Å²) < 4.78 is 0. The molecule has 1 aromatic heterocycles. The summed E-state index contributed by atoms with van der Waals surface area (Å²) in [6.07, 6.45) is 0.934. The zero-order valence-electron chi connectivity index (χ0n) is 16.6. The van der Waals surface area contributed by atoms with Crippen molar-refractivity contribution in [2.45, 2.75) is 19.4 Å². The second-order valence-corrected chi connectivity index (χ2v) is 8.80. The van der Waals surface area contributed by atoms with Crippen molar-refractivity contribution in [1.29, 1.82) is 0 Å². The summed E-state index contributed by atoms with van der Waals surface area (Å²) in [6, 6.07) is 14.6. The number of carbonyl (C=O) groups is 2. The van der Waals surface area contributed by atoms with Crippen LogP contribution in [0.15, 0.2) is 48.5 Å². The molecule has 1 saturated heterocycles. The Bertz CT molecular complexity index is 1140. The highest BCUT2D eigenvalue weighted by Gasteiger charge is 2.38. The number of fused-ring (bicyclic) bond motifs is 1. The molecular formula is C23H20Cl2N4O2. The SMILES string of the molecule is O=C(C1CC(=O)N(c2ccc(Cl)cc2)C1)N1CCc2[nH]nc(-c3ccc(Cl)cc3)c2C1. The lowest BCUT2D eigenvalue weighted by Crippen LogP contribution is -2.40. The summed E-state index contributed by atoms with van der Waals surface area (Å²) in [4.78, 5) is 29.4. The van der Waals surface area contributed by atoms with Gasteiger partial charge in [-0.15, -0.1) is 0 Å². The predicted octanol–water partition coefficient (Wildman–Crippen LogP) is 4.32. The van der Waals surface area contributed by atoms with E-state index in [-0.39, 0.29) is 24.2 Å². The predicted molar refractivity (Wildman–Crippen MR) is 120 cm³/mol. The van der Waals surface area contributed by atoms with Crippen LogP contribution < -0.4 is 4.90 Å². The molecule has 6 nitrogen and oxygen atoms in total. The highest BCUT2D eigenvalue weighted by Crippen LogP contribution is 2.32. The second-order valence-electron chi connectivity index (χ2n) is 7.93. The number of carbonyl (C=O) groups excluding carboxylic acids is 2. The van der Waals surface area contributed by atoms with Crippen molar-refractivity contribution in [3.63, 3.8) is 0 Å². The van der Waals surface area contributed by atoms with E-state index < -0.39 is 0 Å². The molecule has 5 rings (SSSR count). The fraction of sp³-hybridized carbons (Fsp3) is 0.261. The van der Waals surface area contributed by atoms with Gasteiger partial charge in [0, 0.05) is 65.0 Å². The van der Waals surface area contributed by atoms with Crippen molar-refractivity contribution in [2.75, 3.05) is 18.0 Å². The second kappa shape index (κ2) is 8.02. The van der Waals surface area contributed by atoms with Gasteiger partial charge in [0.2, 0.25) is 11.8 Å². The van der Waals surface area contributed by atoms with Crippen molar-refractivity contribution in [1.82, 2.24) is 15.1 Å². The van der Waals surface area contributed by atoms with E-state index in [4.69, 9.17) is 23.2 Å². The molecule has 0 spiro atoms. The number of nitrogens with one attached hydrogen (secondary N) is 1. The molecule has 1 unspecified atom stereocenters. The third-order valence-corrected chi connectivity index (χ3v) is 6.48. The molecule has 0 aliphatic carbocycles. The Morgan fingerprint density at radius 2 is 1.71 bits per heavy atom. The zero-order valence-corrected chi connectivity index (χ0v) is 18.2. The summed E-state index contributed by atoms with van der Waals surface area (Å²) in [5.74, 6) is -0.377. The van der Waals surface area contributed by atoms with Crippen LogP contribution in [-0.4, -0.2) is 40.0 Å². The van der Waals surface area contributed by atoms with Gasteiger partial charge in [0.15, 0.2) is 0 Å². The third kappa shape index (κ3) is 3.82. The van der Waals surface area contributed by atoms with Gasteiger partial charge in [-0.1, -0.05) is 35.3 Å². The molecule has 8 heteroatoms. The van der Waals surface area contributed by atoms with Crippen LogP contribution in [0.25, 0.3) is 11.3 Å². The Kier molecular flexibility index (Phi) is 5.20. The summed E-state index contributed by atoms with van der Waals surface area (Å²) in [6.45, 7) is 1.48. The fourth-order valence-electron chi connectivity index (χ4n) is 4.33. The topological polar surface area (TPSA) is 69.3 Å². The first-order valence-electron chi connectivity index (χ1n) is 10.2. The molecule has 1 N–H and O–H groups in total. The maximum absolute atomic E-state index is 13.3. The number of halogens is 2. The first-order valence-corrected chi connectivity index (χ1v) is 10.9. The van der Waals surface area contributed by atoms with Crippen molar-refractivity contribution in [3.8, 4) is 11.3 Å². The van der Waals surface area contributed by atoms with Crippen LogP contribution >= 0.6 is 23.2 Å². The van der Waals surface area contributed by atoms with E-state index in [1.54, 1.807) is 17.0 Å². The maximum Gasteiger partial charge on any atom is 0.228 e. The fourth-order valence-corrected chi connectivity index (χ4v) is 4.58. The van der Waals surface area contributed by atoms with Crippen LogP contribution in [0.1, 0.15) is 17.7 Å². The van der Waals surface area contributed by atoms with Gasteiger partial charge in [-0.2, -0.15) is 5.10 Å². The van der Waals surface area contributed by atoms with Crippen LogP contribution in [0.4, 0.5) is 5.69 Å². The van der Waals surface area contributed by atoms with E-state index in [9.17, 15) is 9.59 Å². The summed E-state index contributed by atoms with van der Waals surface area (Å²) in [5, 5.41) is 8.88. The van der Waals surface area contributed by atoms with Gasteiger partial charge in [0.05, 0.1) is 11.6 Å². The lowest BCUT2D eigenvalue weighted by Gasteiger charge is -2.29. The van der Waals surface area contributed by atoms with Crippen molar-refractivity contribution >= 4 is 40.7 Å². The van der Waals surface area contributed by atoms with Gasteiger partial charge >= 0.3 is 0 Å². The van der Waals surface area contributed by atoms with Crippen molar-refractivity contribution < 1.29 is 9.59 Å². The molecule has 0 saturated carbocycles. The highest BCUT2D eigenvalue weighted by atomic mass is 35.5. The van der Waals surface area contributed by atoms with E-state index in [2.05, 4.69) is 10.2 Å². The summed E-state index contributed by atoms with van der Waals surface area (Å²) in [7, 11) is 0. The standard InChI is InChI=1S/C23H20Cl2N4O2/c24-16-3-1-14(2-4-16)22-19-13-28(10-9-20(19)26-27-22)23(31)15-11-21(30)29(12-15)18-7-5-17(25)6-8-18/h1-8,15H,9-13H2,(H,26,27). The van der Waals surface area contributed by atoms with Gasteiger partial charge in [-0.05, 0) is 36.4 Å².